The number of halogens is 1. The number of rotatable bonds is 7. The van der Waals surface area contributed by atoms with Gasteiger partial charge in [-0.25, -0.2) is 9.78 Å². The zero-order valence-electron chi connectivity index (χ0n) is 17.1. The van der Waals surface area contributed by atoms with Crippen LogP contribution in [0.25, 0.3) is 0 Å². The van der Waals surface area contributed by atoms with Gasteiger partial charge in [-0.05, 0) is 43.2 Å². The molecular weight excluding hydrogens is 422 g/mol. The van der Waals surface area contributed by atoms with E-state index in [1.807, 2.05) is 35.2 Å². The Hall–Kier alpha value is -2.25. The van der Waals surface area contributed by atoms with Crippen LogP contribution < -0.4 is 4.90 Å². The fourth-order valence-corrected chi connectivity index (χ4v) is 4.37. The molecule has 2 aromatic rings. The number of anilines is 1. The van der Waals surface area contributed by atoms with E-state index in [9.17, 15) is 9.59 Å². The summed E-state index contributed by atoms with van der Waals surface area (Å²) in [6.07, 6.45) is 2.43. The second kappa shape index (κ2) is 11.2. The van der Waals surface area contributed by atoms with Crippen molar-refractivity contribution in [2.75, 3.05) is 43.4 Å². The molecule has 0 radical (unpaired) electrons. The van der Waals surface area contributed by atoms with Crippen LogP contribution in [0.3, 0.4) is 0 Å². The lowest BCUT2D eigenvalue weighted by atomic mass is 10.2. The molecule has 1 saturated heterocycles. The topological polar surface area (TPSA) is 62.7 Å². The van der Waals surface area contributed by atoms with Gasteiger partial charge in [0.2, 0.25) is 5.91 Å². The zero-order valence-corrected chi connectivity index (χ0v) is 18.6. The number of hydrogen-bond acceptors (Lipinski definition) is 6. The fourth-order valence-electron chi connectivity index (χ4n) is 3.28. The van der Waals surface area contributed by atoms with Crippen LogP contribution in [-0.4, -0.2) is 60.3 Å². The van der Waals surface area contributed by atoms with E-state index >= 15 is 0 Å². The van der Waals surface area contributed by atoms with Crippen LogP contribution in [0.1, 0.15) is 29.3 Å². The lowest BCUT2D eigenvalue weighted by Crippen LogP contribution is -2.36. The van der Waals surface area contributed by atoms with Gasteiger partial charge in [0.15, 0.2) is 0 Å². The molecule has 1 aliphatic rings. The minimum atomic E-state index is -0.362. The van der Waals surface area contributed by atoms with Gasteiger partial charge in [0.25, 0.3) is 0 Å². The Morgan fingerprint density at radius 2 is 2.03 bits per heavy atom. The van der Waals surface area contributed by atoms with E-state index in [0.717, 1.165) is 48.2 Å². The molecule has 1 aromatic carbocycles. The number of nitrogens with zero attached hydrogens (tertiary/aromatic N) is 3. The average molecular weight is 448 g/mol. The molecule has 0 aliphatic carbocycles. The van der Waals surface area contributed by atoms with Gasteiger partial charge in [-0.3, -0.25) is 4.79 Å². The van der Waals surface area contributed by atoms with Crippen molar-refractivity contribution in [3.63, 3.8) is 0 Å². The van der Waals surface area contributed by atoms with E-state index in [4.69, 9.17) is 16.3 Å². The Morgan fingerprint density at radius 1 is 1.17 bits per heavy atom. The van der Waals surface area contributed by atoms with Gasteiger partial charge in [0, 0.05) is 43.2 Å². The summed E-state index contributed by atoms with van der Waals surface area (Å²) in [5, 5.41) is 0.718. The van der Waals surface area contributed by atoms with E-state index in [-0.39, 0.29) is 11.9 Å². The smallest absolute Gasteiger partial charge is 0.339 e. The number of ether oxygens (including phenoxy) is 1. The molecule has 0 N–H and O–H groups in total. The molecule has 0 unspecified atom stereocenters. The Balaban J connectivity index is 1.48. The first-order chi connectivity index (χ1) is 14.6. The molecule has 1 aliphatic heterocycles. The first-order valence-corrected chi connectivity index (χ1v) is 11.6. The number of esters is 1. The molecule has 1 fully saturated rings. The van der Waals surface area contributed by atoms with Gasteiger partial charge in [0.05, 0.1) is 17.9 Å². The van der Waals surface area contributed by atoms with Crippen molar-refractivity contribution >= 4 is 41.1 Å². The summed E-state index contributed by atoms with van der Waals surface area (Å²) in [7, 11) is 0. The first kappa shape index (κ1) is 22.4. The second-order valence-corrected chi connectivity index (χ2v) is 8.39. The van der Waals surface area contributed by atoms with Gasteiger partial charge in [0.1, 0.15) is 5.82 Å². The fraction of sp³-hybridized carbons (Fsp3) is 0.409. The third kappa shape index (κ3) is 6.37. The summed E-state index contributed by atoms with van der Waals surface area (Å²) < 4.78 is 4.99. The summed E-state index contributed by atoms with van der Waals surface area (Å²) in [6.45, 7) is 5.07. The van der Waals surface area contributed by atoms with Crippen LogP contribution >= 0.6 is 23.4 Å². The van der Waals surface area contributed by atoms with E-state index < -0.39 is 0 Å². The molecule has 1 amide bonds. The van der Waals surface area contributed by atoms with Gasteiger partial charge in [-0.15, -0.1) is 11.8 Å². The van der Waals surface area contributed by atoms with Crippen molar-refractivity contribution in [2.24, 2.45) is 0 Å². The molecule has 6 nitrogen and oxygen atoms in total. The summed E-state index contributed by atoms with van der Waals surface area (Å²) in [5.74, 6) is 1.84. The summed E-state index contributed by atoms with van der Waals surface area (Å²) in [4.78, 5) is 32.9. The van der Waals surface area contributed by atoms with Crippen LogP contribution in [-0.2, 0) is 15.3 Å². The van der Waals surface area contributed by atoms with Crippen molar-refractivity contribution in [1.29, 1.82) is 0 Å². The van der Waals surface area contributed by atoms with E-state index in [1.54, 1.807) is 30.9 Å². The van der Waals surface area contributed by atoms with Crippen molar-refractivity contribution < 1.29 is 14.3 Å². The SMILES string of the molecule is CCOC(=O)c1ccc(N2CCCN(C(=O)CSCc3cccc(Cl)c3)CC2)nc1. The van der Waals surface area contributed by atoms with Crippen LogP contribution in [0, 0.1) is 0 Å². The Morgan fingerprint density at radius 3 is 2.77 bits per heavy atom. The predicted octanol–water partition coefficient (Wildman–Crippen LogP) is 3.88. The molecule has 0 saturated carbocycles. The molecule has 0 spiro atoms. The van der Waals surface area contributed by atoms with Crippen molar-refractivity contribution in [1.82, 2.24) is 9.88 Å². The highest BCUT2D eigenvalue weighted by Gasteiger charge is 2.20. The lowest BCUT2D eigenvalue weighted by Gasteiger charge is -2.23. The molecule has 3 rings (SSSR count). The summed E-state index contributed by atoms with van der Waals surface area (Å²) in [6, 6.07) is 11.3. The van der Waals surface area contributed by atoms with Gasteiger partial charge >= 0.3 is 5.97 Å². The van der Waals surface area contributed by atoms with E-state index in [2.05, 4.69) is 9.88 Å². The number of aromatic nitrogens is 1. The minimum absolute atomic E-state index is 0.162. The van der Waals surface area contributed by atoms with Gasteiger partial charge in [-0.1, -0.05) is 23.7 Å². The molecular formula is C22H26ClN3O3S. The zero-order chi connectivity index (χ0) is 21.3. The second-order valence-electron chi connectivity index (χ2n) is 6.97. The van der Waals surface area contributed by atoms with E-state index in [0.29, 0.717) is 24.5 Å². The van der Waals surface area contributed by atoms with Crippen LogP contribution in [0.15, 0.2) is 42.6 Å². The largest absolute Gasteiger partial charge is 0.462 e. The normalized spacial score (nSPS) is 14.3. The van der Waals surface area contributed by atoms with Gasteiger partial charge < -0.3 is 14.5 Å². The van der Waals surface area contributed by atoms with Crippen molar-refractivity contribution in [3.8, 4) is 0 Å². The molecule has 0 bridgehead atoms. The molecule has 2 heterocycles. The third-order valence-corrected chi connectivity index (χ3v) is 6.04. The highest BCUT2D eigenvalue weighted by Crippen LogP contribution is 2.18. The number of benzene rings is 1. The van der Waals surface area contributed by atoms with Crippen molar-refractivity contribution in [3.05, 3.63) is 58.7 Å². The maximum absolute atomic E-state index is 12.6. The van der Waals surface area contributed by atoms with Crippen LogP contribution in [0.4, 0.5) is 5.82 Å². The highest BCUT2D eigenvalue weighted by molar-refractivity contribution is 7.99. The molecule has 8 heteroatoms. The number of amides is 1. The van der Waals surface area contributed by atoms with Crippen LogP contribution in [0.5, 0.6) is 0 Å². The molecule has 160 valence electrons. The molecule has 30 heavy (non-hydrogen) atoms. The standard InChI is InChI=1S/C22H26ClN3O3S/c1-2-29-22(28)18-7-8-20(24-14-18)25-9-4-10-26(12-11-25)21(27)16-30-15-17-5-3-6-19(23)13-17/h3,5-8,13-14H,2,4,9-12,15-16H2,1H3. The Kier molecular flexibility index (Phi) is 8.39. The first-order valence-electron chi connectivity index (χ1n) is 10.0. The minimum Gasteiger partial charge on any atom is -0.462 e. The van der Waals surface area contributed by atoms with E-state index in [1.165, 1.54) is 0 Å². The summed E-state index contributed by atoms with van der Waals surface area (Å²) in [5.41, 5.74) is 1.57. The van der Waals surface area contributed by atoms with Crippen molar-refractivity contribution in [2.45, 2.75) is 19.1 Å². The Labute approximate surface area is 186 Å². The highest BCUT2D eigenvalue weighted by atomic mass is 35.5. The lowest BCUT2D eigenvalue weighted by molar-refractivity contribution is -0.128. The molecule has 1 aromatic heterocycles. The van der Waals surface area contributed by atoms with Crippen LogP contribution in [0.2, 0.25) is 5.02 Å². The number of pyridine rings is 1. The molecule has 0 atom stereocenters. The maximum atomic E-state index is 12.6. The Bertz CT molecular complexity index is 863. The van der Waals surface area contributed by atoms with Gasteiger partial charge in [-0.2, -0.15) is 0 Å². The quantitative estimate of drug-likeness (QED) is 0.600. The number of carbonyl (C=O) groups is 2. The number of carbonyl (C=O) groups excluding carboxylic acids is 2. The summed E-state index contributed by atoms with van der Waals surface area (Å²) >= 11 is 7.62. The number of hydrogen-bond donors (Lipinski definition) is 0. The number of thioether (sulfide) groups is 1. The predicted molar refractivity (Wildman–Crippen MR) is 121 cm³/mol. The third-order valence-electron chi connectivity index (χ3n) is 4.81. The maximum Gasteiger partial charge on any atom is 0.339 e. The monoisotopic (exact) mass is 447 g/mol. The average Bonchev–Trinajstić information content (AvgIpc) is 3.00.